The maximum atomic E-state index is 12.8. The predicted octanol–water partition coefficient (Wildman–Crippen LogP) is 0.629. The Morgan fingerprint density at radius 1 is 1.08 bits per heavy atom. The van der Waals surface area contributed by atoms with Crippen LogP contribution in [0, 0.1) is 6.92 Å². The first-order valence-electron chi connectivity index (χ1n) is 8.98. The summed E-state index contributed by atoms with van der Waals surface area (Å²) in [4.78, 5) is 29.3. The fourth-order valence-electron chi connectivity index (χ4n) is 3.58. The van der Waals surface area contributed by atoms with Crippen LogP contribution in [0.5, 0.6) is 0 Å². The number of hydrogen-bond acceptors (Lipinski definition) is 8. The van der Waals surface area contributed by atoms with Gasteiger partial charge in [-0.25, -0.2) is 9.97 Å². The summed E-state index contributed by atoms with van der Waals surface area (Å²) in [5.41, 5.74) is 2.74. The van der Waals surface area contributed by atoms with E-state index in [-0.39, 0.29) is 5.91 Å². The van der Waals surface area contributed by atoms with Crippen LogP contribution >= 0.6 is 11.5 Å². The molecule has 0 bridgehead atoms. The van der Waals surface area contributed by atoms with Gasteiger partial charge in [-0.2, -0.15) is 0 Å². The van der Waals surface area contributed by atoms with Gasteiger partial charge in [0.1, 0.15) is 12.1 Å². The van der Waals surface area contributed by atoms with Gasteiger partial charge in [-0.05, 0) is 31.9 Å². The van der Waals surface area contributed by atoms with Crippen LogP contribution in [-0.2, 0) is 12.8 Å². The Kier molecular flexibility index (Phi) is 4.82. The highest BCUT2D eigenvalue weighted by molar-refractivity contribution is 7.05. The van der Waals surface area contributed by atoms with Crippen LogP contribution in [-0.4, -0.2) is 81.6 Å². The minimum absolute atomic E-state index is 0.0295. The standard InChI is InChI=1S/C17H23N7OS/c1-12-15(20-21-26-12)17(25)24-5-3-13-14(4-6-24)18-11-19-16(13)23-9-7-22(2)8-10-23/h11H,3-10H2,1-2H3. The molecule has 2 aromatic rings. The number of aryl methyl sites for hydroxylation is 1. The second-order valence-electron chi connectivity index (χ2n) is 6.88. The minimum Gasteiger partial charge on any atom is -0.354 e. The van der Waals surface area contributed by atoms with E-state index in [4.69, 9.17) is 0 Å². The van der Waals surface area contributed by atoms with Crippen LogP contribution in [0.25, 0.3) is 0 Å². The SMILES string of the molecule is Cc1snnc1C(=O)N1CCc2ncnc(N3CCN(C)CC3)c2CC1. The molecule has 1 saturated heterocycles. The molecule has 0 N–H and O–H groups in total. The Morgan fingerprint density at radius 2 is 1.85 bits per heavy atom. The molecule has 0 atom stereocenters. The summed E-state index contributed by atoms with van der Waals surface area (Å²) < 4.78 is 3.89. The monoisotopic (exact) mass is 373 g/mol. The van der Waals surface area contributed by atoms with Gasteiger partial charge in [0.2, 0.25) is 0 Å². The molecule has 26 heavy (non-hydrogen) atoms. The summed E-state index contributed by atoms with van der Waals surface area (Å²) in [7, 11) is 2.15. The van der Waals surface area contributed by atoms with Crippen molar-refractivity contribution in [1.82, 2.24) is 29.4 Å². The van der Waals surface area contributed by atoms with E-state index in [1.54, 1.807) is 6.33 Å². The van der Waals surface area contributed by atoms with Gasteiger partial charge in [0.15, 0.2) is 5.69 Å². The second-order valence-corrected chi connectivity index (χ2v) is 7.84. The highest BCUT2D eigenvalue weighted by Crippen LogP contribution is 2.25. The number of amides is 1. The molecule has 8 nitrogen and oxygen atoms in total. The van der Waals surface area contributed by atoms with Gasteiger partial charge in [-0.1, -0.05) is 4.49 Å². The number of carbonyl (C=O) groups excluding carboxylic acids is 1. The second kappa shape index (κ2) is 7.24. The lowest BCUT2D eigenvalue weighted by atomic mass is 10.1. The highest BCUT2D eigenvalue weighted by Gasteiger charge is 2.27. The van der Waals surface area contributed by atoms with Gasteiger partial charge >= 0.3 is 0 Å². The zero-order chi connectivity index (χ0) is 18.1. The van der Waals surface area contributed by atoms with E-state index in [1.165, 1.54) is 17.1 Å². The molecule has 0 aromatic carbocycles. The van der Waals surface area contributed by atoms with E-state index in [0.717, 1.165) is 55.4 Å². The lowest BCUT2D eigenvalue weighted by Gasteiger charge is -2.34. The Balaban J connectivity index is 1.54. The number of carbonyl (C=O) groups is 1. The number of piperazine rings is 1. The number of anilines is 1. The van der Waals surface area contributed by atoms with Crippen LogP contribution in [0.2, 0.25) is 0 Å². The Morgan fingerprint density at radius 3 is 2.58 bits per heavy atom. The average Bonchev–Trinajstić information content (AvgIpc) is 2.96. The normalized spacial score (nSPS) is 18.5. The van der Waals surface area contributed by atoms with Gasteiger partial charge < -0.3 is 14.7 Å². The van der Waals surface area contributed by atoms with E-state index in [2.05, 4.69) is 36.4 Å². The van der Waals surface area contributed by atoms with Crippen molar-refractivity contribution in [2.24, 2.45) is 0 Å². The number of fused-ring (bicyclic) bond motifs is 1. The molecule has 1 fully saturated rings. The van der Waals surface area contributed by atoms with Gasteiger partial charge in [0.05, 0.1) is 10.6 Å². The predicted molar refractivity (Wildman–Crippen MR) is 99.7 cm³/mol. The summed E-state index contributed by atoms with van der Waals surface area (Å²) in [6.45, 7) is 7.25. The lowest BCUT2D eigenvalue weighted by molar-refractivity contribution is 0.0756. The molecule has 0 radical (unpaired) electrons. The molecule has 0 unspecified atom stereocenters. The molecule has 0 saturated carbocycles. The van der Waals surface area contributed by atoms with E-state index in [0.29, 0.717) is 18.8 Å². The molecule has 138 valence electrons. The van der Waals surface area contributed by atoms with Crippen molar-refractivity contribution in [3.63, 3.8) is 0 Å². The molecular weight excluding hydrogens is 350 g/mol. The van der Waals surface area contributed by atoms with E-state index >= 15 is 0 Å². The van der Waals surface area contributed by atoms with Crippen LogP contribution < -0.4 is 4.90 Å². The molecule has 0 spiro atoms. The van der Waals surface area contributed by atoms with E-state index in [1.807, 2.05) is 11.8 Å². The Bertz CT molecular complexity index is 800. The molecule has 0 aliphatic carbocycles. The summed E-state index contributed by atoms with van der Waals surface area (Å²) in [5.74, 6) is 1.02. The number of aromatic nitrogens is 4. The molecule has 2 aliphatic heterocycles. The summed E-state index contributed by atoms with van der Waals surface area (Å²) in [6.07, 6.45) is 3.19. The van der Waals surface area contributed by atoms with Crippen LogP contribution in [0.15, 0.2) is 6.33 Å². The molecular formula is C17H23N7OS. The van der Waals surface area contributed by atoms with Gasteiger partial charge in [0.25, 0.3) is 5.91 Å². The fourth-order valence-corrected chi connectivity index (χ4v) is 4.04. The van der Waals surface area contributed by atoms with Crippen molar-refractivity contribution >= 4 is 23.3 Å². The molecule has 4 heterocycles. The minimum atomic E-state index is -0.0295. The number of hydrogen-bond donors (Lipinski definition) is 0. The first kappa shape index (κ1) is 17.3. The molecule has 2 aromatic heterocycles. The third-order valence-electron chi connectivity index (χ3n) is 5.21. The van der Waals surface area contributed by atoms with Gasteiger partial charge in [-0.15, -0.1) is 5.10 Å². The highest BCUT2D eigenvalue weighted by atomic mass is 32.1. The topological polar surface area (TPSA) is 78.3 Å². The maximum absolute atomic E-state index is 12.8. The van der Waals surface area contributed by atoms with Crippen LogP contribution in [0.1, 0.15) is 26.6 Å². The largest absolute Gasteiger partial charge is 0.354 e. The third-order valence-corrected chi connectivity index (χ3v) is 5.84. The van der Waals surface area contributed by atoms with Crippen LogP contribution in [0.3, 0.4) is 0 Å². The number of likely N-dealkylation sites (N-methyl/N-ethyl adjacent to an activating group) is 1. The van der Waals surface area contributed by atoms with Crippen molar-refractivity contribution in [1.29, 1.82) is 0 Å². The van der Waals surface area contributed by atoms with Gasteiger partial charge in [0, 0.05) is 51.3 Å². The molecule has 9 heteroatoms. The maximum Gasteiger partial charge on any atom is 0.275 e. The van der Waals surface area contributed by atoms with Crippen LogP contribution in [0.4, 0.5) is 5.82 Å². The molecule has 1 amide bonds. The van der Waals surface area contributed by atoms with Crippen molar-refractivity contribution in [2.45, 2.75) is 19.8 Å². The van der Waals surface area contributed by atoms with Crippen molar-refractivity contribution in [2.75, 3.05) is 51.2 Å². The quantitative estimate of drug-likeness (QED) is 0.764. The first-order chi connectivity index (χ1) is 12.6. The zero-order valence-corrected chi connectivity index (χ0v) is 16.0. The van der Waals surface area contributed by atoms with E-state index in [9.17, 15) is 4.79 Å². The fraction of sp³-hybridized carbons (Fsp3) is 0.588. The summed E-state index contributed by atoms with van der Waals surface area (Å²) in [5, 5.41) is 4.01. The summed E-state index contributed by atoms with van der Waals surface area (Å²) in [6, 6.07) is 0. The molecule has 2 aliphatic rings. The van der Waals surface area contributed by atoms with Gasteiger partial charge in [-0.3, -0.25) is 4.79 Å². The third kappa shape index (κ3) is 3.28. The average molecular weight is 373 g/mol. The van der Waals surface area contributed by atoms with Crippen molar-refractivity contribution in [3.8, 4) is 0 Å². The first-order valence-corrected chi connectivity index (χ1v) is 9.75. The zero-order valence-electron chi connectivity index (χ0n) is 15.2. The lowest BCUT2D eigenvalue weighted by Crippen LogP contribution is -2.45. The molecule has 4 rings (SSSR count). The van der Waals surface area contributed by atoms with Crippen molar-refractivity contribution in [3.05, 3.63) is 28.2 Å². The summed E-state index contributed by atoms with van der Waals surface area (Å²) >= 11 is 1.27. The van der Waals surface area contributed by atoms with Crippen molar-refractivity contribution < 1.29 is 4.79 Å². The van der Waals surface area contributed by atoms with E-state index < -0.39 is 0 Å². The smallest absolute Gasteiger partial charge is 0.275 e. The Hall–Kier alpha value is -2.13. The Labute approximate surface area is 157 Å². The number of nitrogens with zero attached hydrogens (tertiary/aromatic N) is 7. The number of rotatable bonds is 2.